The molecular formula is C14H20ClN3O3S. The number of thiazole rings is 1. The summed E-state index contributed by atoms with van der Waals surface area (Å²) in [5.41, 5.74) is 0. The molecule has 1 amide bonds. The first-order valence-electron chi connectivity index (χ1n) is 7.35. The summed E-state index contributed by atoms with van der Waals surface area (Å²) in [6.45, 7) is 1.85. The van der Waals surface area contributed by atoms with Crippen LogP contribution in [0.15, 0.2) is 0 Å². The number of nitrogens with zero attached hydrogens (tertiary/aromatic N) is 2. The Kier molecular flexibility index (Phi) is 6.45. The topological polar surface area (TPSA) is 71.5 Å². The Morgan fingerprint density at radius 3 is 2.73 bits per heavy atom. The van der Waals surface area contributed by atoms with Gasteiger partial charge in [0.05, 0.1) is 7.11 Å². The lowest BCUT2D eigenvalue weighted by Crippen LogP contribution is -2.29. The zero-order valence-corrected chi connectivity index (χ0v) is 14.1. The molecule has 0 radical (unpaired) electrons. The largest absolute Gasteiger partial charge is 0.465 e. The van der Waals surface area contributed by atoms with Gasteiger partial charge in [-0.05, 0) is 25.7 Å². The lowest BCUT2D eigenvalue weighted by molar-refractivity contribution is -0.116. The van der Waals surface area contributed by atoms with Gasteiger partial charge in [-0.2, -0.15) is 0 Å². The molecule has 1 N–H and O–H groups in total. The summed E-state index contributed by atoms with van der Waals surface area (Å²) in [4.78, 5) is 30.6. The maximum absolute atomic E-state index is 11.9. The number of hydrogen-bond donors (Lipinski definition) is 1. The van der Waals surface area contributed by atoms with Gasteiger partial charge >= 0.3 is 5.97 Å². The van der Waals surface area contributed by atoms with Gasteiger partial charge < -0.3 is 15.0 Å². The number of methoxy groups -OCH3 is 1. The van der Waals surface area contributed by atoms with Gasteiger partial charge in [-0.1, -0.05) is 11.3 Å². The summed E-state index contributed by atoms with van der Waals surface area (Å²) in [6.07, 6.45) is 4.34. The molecule has 22 heavy (non-hydrogen) atoms. The summed E-state index contributed by atoms with van der Waals surface area (Å²) >= 11 is 6.85. The molecule has 0 saturated carbocycles. The van der Waals surface area contributed by atoms with Gasteiger partial charge in [-0.25, -0.2) is 9.78 Å². The molecule has 1 aliphatic rings. The van der Waals surface area contributed by atoms with Gasteiger partial charge in [0.25, 0.3) is 0 Å². The maximum atomic E-state index is 11.9. The Morgan fingerprint density at radius 2 is 2.09 bits per heavy atom. The number of alkyl halides is 1. The number of halogens is 1. The van der Waals surface area contributed by atoms with Crippen molar-refractivity contribution in [3.63, 3.8) is 0 Å². The van der Waals surface area contributed by atoms with Crippen LogP contribution in [0.25, 0.3) is 0 Å². The molecule has 122 valence electrons. The van der Waals surface area contributed by atoms with Crippen LogP contribution in [0, 0.1) is 0 Å². The van der Waals surface area contributed by atoms with E-state index in [-0.39, 0.29) is 11.7 Å². The van der Waals surface area contributed by atoms with E-state index >= 15 is 0 Å². The normalized spacial score (nSPS) is 14.7. The van der Waals surface area contributed by atoms with Crippen molar-refractivity contribution in [1.29, 1.82) is 0 Å². The van der Waals surface area contributed by atoms with Gasteiger partial charge in [-0.15, -0.1) is 11.6 Å². The van der Waals surface area contributed by atoms with Crippen LogP contribution >= 0.6 is 22.9 Å². The molecule has 1 fully saturated rings. The van der Waals surface area contributed by atoms with Crippen LogP contribution in [0.1, 0.15) is 41.8 Å². The molecule has 0 aliphatic carbocycles. The van der Waals surface area contributed by atoms with Crippen LogP contribution in [0.4, 0.5) is 10.9 Å². The average Bonchev–Trinajstić information content (AvgIpc) is 2.96. The number of esters is 1. The molecular weight excluding hydrogens is 326 g/mol. The van der Waals surface area contributed by atoms with Crippen LogP contribution in [-0.4, -0.2) is 42.9 Å². The Morgan fingerprint density at radius 1 is 1.36 bits per heavy atom. The highest BCUT2D eigenvalue weighted by molar-refractivity contribution is 7.18. The maximum Gasteiger partial charge on any atom is 0.352 e. The number of piperidine rings is 1. The number of anilines is 2. The van der Waals surface area contributed by atoms with Crippen molar-refractivity contribution in [3.05, 3.63) is 4.88 Å². The van der Waals surface area contributed by atoms with Crippen LogP contribution in [-0.2, 0) is 9.53 Å². The van der Waals surface area contributed by atoms with Crippen molar-refractivity contribution >= 4 is 45.8 Å². The number of rotatable bonds is 6. The number of hydrogen-bond acceptors (Lipinski definition) is 6. The monoisotopic (exact) mass is 345 g/mol. The Hall–Kier alpha value is -1.34. The van der Waals surface area contributed by atoms with Crippen molar-refractivity contribution in [3.8, 4) is 0 Å². The van der Waals surface area contributed by atoms with E-state index in [2.05, 4.69) is 15.2 Å². The fourth-order valence-corrected chi connectivity index (χ4v) is 3.39. The van der Waals surface area contributed by atoms with Gasteiger partial charge in [0.1, 0.15) is 0 Å². The van der Waals surface area contributed by atoms with E-state index in [0.29, 0.717) is 23.6 Å². The molecule has 0 bridgehead atoms. The van der Waals surface area contributed by atoms with E-state index in [9.17, 15) is 9.59 Å². The molecule has 1 saturated heterocycles. The van der Waals surface area contributed by atoms with Crippen LogP contribution in [0.3, 0.4) is 0 Å². The summed E-state index contributed by atoms with van der Waals surface area (Å²) in [5.74, 6) is 0.0413. The minimum absolute atomic E-state index is 0.193. The van der Waals surface area contributed by atoms with E-state index in [0.717, 1.165) is 31.1 Å². The number of ether oxygens (including phenoxy) is 1. The van der Waals surface area contributed by atoms with Crippen LogP contribution in [0.2, 0.25) is 0 Å². The second-order valence-electron chi connectivity index (χ2n) is 5.05. The van der Waals surface area contributed by atoms with Gasteiger partial charge in [0.2, 0.25) is 5.91 Å². The summed E-state index contributed by atoms with van der Waals surface area (Å²) < 4.78 is 4.78. The fourth-order valence-electron chi connectivity index (χ4n) is 2.27. The first kappa shape index (κ1) is 17.0. The van der Waals surface area contributed by atoms with E-state index in [1.165, 1.54) is 24.9 Å². The predicted octanol–water partition coefficient (Wildman–Crippen LogP) is 2.88. The molecule has 6 nitrogen and oxygen atoms in total. The Balaban J connectivity index is 2.16. The van der Waals surface area contributed by atoms with Crippen LogP contribution in [0.5, 0.6) is 0 Å². The number of aromatic nitrogens is 1. The van der Waals surface area contributed by atoms with E-state index in [4.69, 9.17) is 16.3 Å². The smallest absolute Gasteiger partial charge is 0.352 e. The quantitative estimate of drug-likeness (QED) is 0.634. The highest BCUT2D eigenvalue weighted by Gasteiger charge is 2.23. The zero-order chi connectivity index (χ0) is 15.9. The third-order valence-electron chi connectivity index (χ3n) is 3.41. The molecule has 1 aliphatic heterocycles. The minimum Gasteiger partial charge on any atom is -0.465 e. The molecule has 0 atom stereocenters. The van der Waals surface area contributed by atoms with Gasteiger partial charge in [0.15, 0.2) is 15.8 Å². The molecule has 1 aromatic rings. The first-order chi connectivity index (χ1) is 10.7. The molecule has 8 heteroatoms. The van der Waals surface area contributed by atoms with Crippen LogP contribution < -0.4 is 10.2 Å². The van der Waals surface area contributed by atoms with E-state index in [1.807, 2.05) is 0 Å². The molecule has 0 unspecified atom stereocenters. The zero-order valence-electron chi connectivity index (χ0n) is 12.6. The molecule has 0 aromatic carbocycles. The number of amides is 1. The fraction of sp³-hybridized carbons (Fsp3) is 0.643. The SMILES string of the molecule is COC(=O)c1sc(N2CCCCC2)nc1NC(=O)CCCCl. The molecule has 0 spiro atoms. The Bertz CT molecular complexity index is 529. The van der Waals surface area contributed by atoms with Crippen molar-refractivity contribution in [2.24, 2.45) is 0 Å². The third-order valence-corrected chi connectivity index (χ3v) is 4.77. The third kappa shape index (κ3) is 4.33. The van der Waals surface area contributed by atoms with Crippen molar-refractivity contribution in [1.82, 2.24) is 4.98 Å². The second-order valence-corrected chi connectivity index (χ2v) is 6.41. The lowest BCUT2D eigenvalue weighted by Gasteiger charge is -2.25. The van der Waals surface area contributed by atoms with Crippen molar-refractivity contribution in [2.75, 3.05) is 36.3 Å². The highest BCUT2D eigenvalue weighted by atomic mass is 35.5. The molecule has 2 heterocycles. The first-order valence-corrected chi connectivity index (χ1v) is 8.70. The summed E-state index contributed by atoms with van der Waals surface area (Å²) in [5, 5.41) is 3.45. The molecule has 2 rings (SSSR count). The summed E-state index contributed by atoms with van der Waals surface area (Å²) in [6, 6.07) is 0. The van der Waals surface area contributed by atoms with Crippen molar-refractivity contribution in [2.45, 2.75) is 32.1 Å². The lowest BCUT2D eigenvalue weighted by atomic mass is 10.1. The number of carbonyl (C=O) groups excluding carboxylic acids is 2. The van der Waals surface area contributed by atoms with E-state index < -0.39 is 5.97 Å². The van der Waals surface area contributed by atoms with Gasteiger partial charge in [-0.3, -0.25) is 4.79 Å². The number of carbonyl (C=O) groups is 2. The van der Waals surface area contributed by atoms with Crippen molar-refractivity contribution < 1.29 is 14.3 Å². The average molecular weight is 346 g/mol. The molecule has 1 aromatic heterocycles. The number of nitrogens with one attached hydrogen (secondary N) is 1. The minimum atomic E-state index is -0.478. The van der Waals surface area contributed by atoms with Gasteiger partial charge in [0, 0.05) is 25.4 Å². The second kappa shape index (κ2) is 8.33. The highest BCUT2D eigenvalue weighted by Crippen LogP contribution is 2.32. The predicted molar refractivity (Wildman–Crippen MR) is 88.1 cm³/mol. The Labute approximate surface area is 138 Å². The van der Waals surface area contributed by atoms with E-state index in [1.54, 1.807) is 0 Å². The standard InChI is InChI=1S/C14H20ClN3O3S/c1-21-13(20)11-12(16-10(19)6-5-7-15)17-14(22-11)18-8-3-2-4-9-18/h2-9H2,1H3,(H,16,19). The summed E-state index contributed by atoms with van der Waals surface area (Å²) in [7, 11) is 1.32.